The molecule has 0 atom stereocenters. The molecule has 3 nitrogen and oxygen atoms in total. The molecule has 0 aliphatic carbocycles. The van der Waals surface area contributed by atoms with Crippen molar-refractivity contribution >= 4 is 6.29 Å². The predicted molar refractivity (Wildman–Crippen MR) is 42.0 cm³/mol. The van der Waals surface area contributed by atoms with Crippen molar-refractivity contribution in [2.45, 2.75) is 20.3 Å². The zero-order valence-corrected chi connectivity index (χ0v) is 7.00. The molecule has 0 rings (SSSR count). The summed E-state index contributed by atoms with van der Waals surface area (Å²) in [6.07, 6.45) is 3.19. The van der Waals surface area contributed by atoms with Gasteiger partial charge in [0.1, 0.15) is 0 Å². The summed E-state index contributed by atoms with van der Waals surface area (Å²) < 4.78 is 9.83. The van der Waals surface area contributed by atoms with Gasteiger partial charge in [-0.2, -0.15) is 0 Å². The van der Waals surface area contributed by atoms with Crippen molar-refractivity contribution in [1.29, 1.82) is 0 Å². The lowest BCUT2D eigenvalue weighted by atomic mass is 10.4. The van der Waals surface area contributed by atoms with Crippen LogP contribution in [0.1, 0.15) is 20.3 Å². The second-order valence-electron chi connectivity index (χ2n) is 1.89. The van der Waals surface area contributed by atoms with Gasteiger partial charge in [-0.3, -0.25) is 4.79 Å². The molecular formula is C8H14O3. The Morgan fingerprint density at radius 3 is 2.64 bits per heavy atom. The number of hydrogen-bond acceptors (Lipinski definition) is 3. The van der Waals surface area contributed by atoms with Crippen molar-refractivity contribution in [1.82, 2.24) is 0 Å². The van der Waals surface area contributed by atoms with E-state index in [9.17, 15) is 4.79 Å². The highest BCUT2D eigenvalue weighted by atomic mass is 16.7. The lowest BCUT2D eigenvalue weighted by Gasteiger charge is -2.03. The van der Waals surface area contributed by atoms with Gasteiger partial charge in [0, 0.05) is 6.61 Å². The van der Waals surface area contributed by atoms with Gasteiger partial charge in [0.15, 0.2) is 18.8 Å². The molecule has 0 aliphatic rings. The Bertz CT molecular complexity index is 129. The molecule has 0 aromatic heterocycles. The van der Waals surface area contributed by atoms with Gasteiger partial charge >= 0.3 is 0 Å². The molecule has 0 amide bonds. The topological polar surface area (TPSA) is 35.5 Å². The molecule has 0 spiro atoms. The highest BCUT2D eigenvalue weighted by Gasteiger charge is 1.92. The summed E-state index contributed by atoms with van der Waals surface area (Å²) in [6.45, 7) is 4.56. The summed E-state index contributed by atoms with van der Waals surface area (Å²) in [5.41, 5.74) is 0. The van der Waals surface area contributed by atoms with Gasteiger partial charge in [-0.15, -0.1) is 0 Å². The molecule has 64 valence electrons. The van der Waals surface area contributed by atoms with E-state index in [1.807, 2.05) is 13.8 Å². The van der Waals surface area contributed by atoms with Crippen molar-refractivity contribution in [3.05, 3.63) is 11.8 Å². The number of aldehydes is 1. The van der Waals surface area contributed by atoms with E-state index >= 15 is 0 Å². The van der Waals surface area contributed by atoms with Crippen LogP contribution in [0.25, 0.3) is 0 Å². The summed E-state index contributed by atoms with van der Waals surface area (Å²) in [5, 5.41) is 0. The maximum absolute atomic E-state index is 10.2. The number of rotatable bonds is 6. The third kappa shape index (κ3) is 5.61. The number of carbonyl (C=O) groups is 1. The van der Waals surface area contributed by atoms with Crippen LogP contribution in [0.3, 0.4) is 0 Å². The summed E-state index contributed by atoms with van der Waals surface area (Å²) in [6, 6.07) is 0. The first-order chi connectivity index (χ1) is 5.35. The van der Waals surface area contributed by atoms with Crippen molar-refractivity contribution in [3.63, 3.8) is 0 Å². The molecule has 0 fully saturated rings. The van der Waals surface area contributed by atoms with Crippen LogP contribution < -0.4 is 0 Å². The molecule has 0 radical (unpaired) electrons. The smallest absolute Gasteiger partial charge is 0.189 e. The van der Waals surface area contributed by atoms with E-state index in [0.717, 1.165) is 6.42 Å². The van der Waals surface area contributed by atoms with E-state index in [1.54, 1.807) is 6.08 Å². The number of allylic oxidation sites excluding steroid dienone is 2. The minimum atomic E-state index is 0.154. The van der Waals surface area contributed by atoms with Crippen LogP contribution in [0.2, 0.25) is 0 Å². The van der Waals surface area contributed by atoms with E-state index in [-0.39, 0.29) is 6.79 Å². The molecule has 0 saturated carbocycles. The van der Waals surface area contributed by atoms with Crippen LogP contribution >= 0.6 is 0 Å². The second-order valence-corrected chi connectivity index (χ2v) is 1.89. The predicted octanol–water partition coefficient (Wildman–Crippen LogP) is 1.49. The molecule has 0 aliphatic heterocycles. The SMILES string of the molecule is CCC=C(C=O)OCOCC. The van der Waals surface area contributed by atoms with Crippen molar-refractivity contribution in [2.24, 2.45) is 0 Å². The molecule has 0 saturated heterocycles. The molecule has 0 bridgehead atoms. The maximum atomic E-state index is 10.2. The minimum absolute atomic E-state index is 0.154. The largest absolute Gasteiger partial charge is 0.464 e. The molecule has 0 aromatic carbocycles. The van der Waals surface area contributed by atoms with Gasteiger partial charge in [-0.1, -0.05) is 6.92 Å². The summed E-state index contributed by atoms with van der Waals surface area (Å²) in [7, 11) is 0. The van der Waals surface area contributed by atoms with Gasteiger partial charge in [0.2, 0.25) is 0 Å². The van der Waals surface area contributed by atoms with Crippen LogP contribution in [0, 0.1) is 0 Å². The fourth-order valence-electron chi connectivity index (χ4n) is 0.535. The average molecular weight is 158 g/mol. The van der Waals surface area contributed by atoms with Crippen molar-refractivity contribution < 1.29 is 14.3 Å². The maximum Gasteiger partial charge on any atom is 0.189 e. The van der Waals surface area contributed by atoms with E-state index in [4.69, 9.17) is 9.47 Å². The third-order valence-corrected chi connectivity index (χ3v) is 1.03. The Balaban J connectivity index is 3.52. The van der Waals surface area contributed by atoms with Gasteiger partial charge < -0.3 is 9.47 Å². The molecule has 0 aromatic rings. The van der Waals surface area contributed by atoms with Crippen molar-refractivity contribution in [3.8, 4) is 0 Å². The standard InChI is InChI=1S/C8H14O3/c1-3-5-8(6-9)11-7-10-4-2/h5-6H,3-4,7H2,1-2H3. The second kappa shape index (κ2) is 7.28. The first-order valence-corrected chi connectivity index (χ1v) is 3.71. The van der Waals surface area contributed by atoms with Gasteiger partial charge in [0.05, 0.1) is 0 Å². The van der Waals surface area contributed by atoms with Crippen molar-refractivity contribution in [2.75, 3.05) is 13.4 Å². The first kappa shape index (κ1) is 10.2. The molecule has 11 heavy (non-hydrogen) atoms. The molecule has 0 heterocycles. The fraction of sp³-hybridized carbons (Fsp3) is 0.625. The molecule has 3 heteroatoms. The Labute approximate surface area is 67.0 Å². The molecule has 0 N–H and O–H groups in total. The van der Waals surface area contributed by atoms with Crippen LogP contribution in [0.4, 0.5) is 0 Å². The zero-order valence-electron chi connectivity index (χ0n) is 7.00. The first-order valence-electron chi connectivity index (χ1n) is 3.71. The summed E-state index contributed by atoms with van der Waals surface area (Å²) >= 11 is 0. The fourth-order valence-corrected chi connectivity index (χ4v) is 0.535. The highest BCUT2D eigenvalue weighted by Crippen LogP contribution is 1.95. The Morgan fingerprint density at radius 1 is 1.45 bits per heavy atom. The lowest BCUT2D eigenvalue weighted by Crippen LogP contribution is -2.00. The summed E-state index contributed by atoms with van der Waals surface area (Å²) in [5.74, 6) is 0.348. The van der Waals surface area contributed by atoms with E-state index in [0.29, 0.717) is 18.7 Å². The molecule has 0 unspecified atom stereocenters. The normalized spacial score (nSPS) is 11.3. The Morgan fingerprint density at radius 2 is 2.18 bits per heavy atom. The minimum Gasteiger partial charge on any atom is -0.464 e. The molecular weight excluding hydrogens is 144 g/mol. The van der Waals surface area contributed by atoms with Crippen LogP contribution in [-0.2, 0) is 14.3 Å². The monoisotopic (exact) mass is 158 g/mol. The van der Waals surface area contributed by atoms with Gasteiger partial charge in [0.25, 0.3) is 0 Å². The third-order valence-electron chi connectivity index (χ3n) is 1.03. The number of hydrogen-bond donors (Lipinski definition) is 0. The van der Waals surface area contributed by atoms with E-state index < -0.39 is 0 Å². The highest BCUT2D eigenvalue weighted by molar-refractivity contribution is 5.69. The van der Waals surface area contributed by atoms with Crippen LogP contribution in [0.5, 0.6) is 0 Å². The zero-order chi connectivity index (χ0) is 8.53. The van der Waals surface area contributed by atoms with Gasteiger partial charge in [-0.05, 0) is 19.4 Å². The van der Waals surface area contributed by atoms with E-state index in [1.165, 1.54) is 0 Å². The average Bonchev–Trinajstić information content (AvgIpc) is 2.03. The summed E-state index contributed by atoms with van der Waals surface area (Å²) in [4.78, 5) is 10.2. The van der Waals surface area contributed by atoms with Gasteiger partial charge in [-0.25, -0.2) is 0 Å². The van der Waals surface area contributed by atoms with Crippen LogP contribution in [-0.4, -0.2) is 19.7 Å². The quantitative estimate of drug-likeness (QED) is 0.193. The lowest BCUT2D eigenvalue weighted by molar-refractivity contribution is -0.110. The Kier molecular flexibility index (Phi) is 6.73. The number of ether oxygens (including phenoxy) is 2. The Hall–Kier alpha value is -0.830. The number of carbonyl (C=O) groups excluding carboxylic acids is 1. The van der Waals surface area contributed by atoms with E-state index in [2.05, 4.69) is 0 Å². The van der Waals surface area contributed by atoms with Crippen LogP contribution in [0.15, 0.2) is 11.8 Å².